The van der Waals surface area contributed by atoms with E-state index in [1.807, 2.05) is 18.2 Å². The number of thiophene rings is 1. The average molecular weight is 309 g/mol. The second-order valence-electron chi connectivity index (χ2n) is 4.65. The molecule has 0 fully saturated rings. The number of aromatic nitrogens is 1. The van der Waals surface area contributed by atoms with Crippen molar-refractivity contribution in [2.75, 3.05) is 0 Å². The van der Waals surface area contributed by atoms with E-state index in [0.717, 1.165) is 16.0 Å². The lowest BCUT2D eigenvalue weighted by Crippen LogP contribution is -1.88. The number of carbonyl (C=O) groups excluding carboxylic acids is 1. The van der Waals surface area contributed by atoms with E-state index in [9.17, 15) is 9.18 Å². The van der Waals surface area contributed by atoms with Crippen LogP contribution in [0.3, 0.4) is 0 Å². The summed E-state index contributed by atoms with van der Waals surface area (Å²) in [6, 6.07) is 13.6. The van der Waals surface area contributed by atoms with Gasteiger partial charge in [-0.1, -0.05) is 18.2 Å². The molecule has 0 radical (unpaired) electrons. The Kier molecular flexibility index (Phi) is 4.21. The summed E-state index contributed by atoms with van der Waals surface area (Å²) < 4.78 is 12.9. The molecule has 0 N–H and O–H groups in total. The zero-order valence-corrected chi connectivity index (χ0v) is 12.4. The lowest BCUT2D eigenvalue weighted by Gasteiger charge is -1.96. The number of nitrogens with zero attached hydrogens (tertiary/aromatic N) is 1. The van der Waals surface area contributed by atoms with Crippen molar-refractivity contribution in [1.29, 1.82) is 0 Å². The summed E-state index contributed by atoms with van der Waals surface area (Å²) in [5, 5.41) is 0. The molecule has 0 saturated carbocycles. The summed E-state index contributed by atoms with van der Waals surface area (Å²) >= 11 is 1.40. The van der Waals surface area contributed by atoms with E-state index in [0.29, 0.717) is 4.88 Å². The average Bonchev–Trinajstić information content (AvgIpc) is 3.04. The summed E-state index contributed by atoms with van der Waals surface area (Å²) in [7, 11) is 0. The first-order valence-electron chi connectivity index (χ1n) is 6.70. The van der Waals surface area contributed by atoms with Crippen LogP contribution in [0.25, 0.3) is 16.5 Å². The molecule has 4 heteroatoms. The molecule has 0 unspecified atom stereocenters. The van der Waals surface area contributed by atoms with Crippen LogP contribution in [0.5, 0.6) is 0 Å². The Hall–Kier alpha value is -2.59. The third-order valence-electron chi connectivity index (χ3n) is 3.09. The summed E-state index contributed by atoms with van der Waals surface area (Å²) in [4.78, 5) is 17.8. The maximum atomic E-state index is 12.9. The number of rotatable bonds is 4. The van der Waals surface area contributed by atoms with Crippen molar-refractivity contribution < 1.29 is 9.18 Å². The summed E-state index contributed by atoms with van der Waals surface area (Å²) in [5.41, 5.74) is 1.79. The number of halogens is 1. The minimum absolute atomic E-state index is 0.0535. The predicted molar refractivity (Wildman–Crippen MR) is 87.3 cm³/mol. The molecule has 0 saturated heterocycles. The fraction of sp³-hybridized carbons (Fsp3) is 0. The highest BCUT2D eigenvalue weighted by Gasteiger charge is 2.08. The van der Waals surface area contributed by atoms with E-state index in [2.05, 4.69) is 4.98 Å². The summed E-state index contributed by atoms with van der Waals surface area (Å²) in [5.74, 6) is -0.321. The molecule has 0 spiro atoms. The second kappa shape index (κ2) is 6.45. The molecule has 108 valence electrons. The van der Waals surface area contributed by atoms with Gasteiger partial charge in [0.05, 0.1) is 4.88 Å². The SMILES string of the molecule is O=C(/C=C\c1cccnc1)c1ccc(-c2ccc(F)cc2)s1. The standard InChI is InChI=1S/C18H12FNOS/c19-15-6-4-14(5-7-15)17-9-10-18(22-17)16(21)8-3-13-2-1-11-20-12-13/h1-12H/b8-3-. The molecule has 3 aromatic rings. The van der Waals surface area contributed by atoms with E-state index in [1.165, 1.54) is 29.5 Å². The van der Waals surface area contributed by atoms with Crippen LogP contribution in [-0.4, -0.2) is 10.8 Å². The molecular formula is C18H12FNOS. The van der Waals surface area contributed by atoms with Gasteiger partial charge in [-0.15, -0.1) is 11.3 Å². The molecule has 0 amide bonds. The van der Waals surface area contributed by atoms with Crippen molar-refractivity contribution in [2.24, 2.45) is 0 Å². The Morgan fingerprint density at radius 2 is 1.91 bits per heavy atom. The van der Waals surface area contributed by atoms with Crippen LogP contribution < -0.4 is 0 Å². The highest BCUT2D eigenvalue weighted by atomic mass is 32.1. The number of pyridine rings is 1. The zero-order valence-electron chi connectivity index (χ0n) is 11.6. The number of allylic oxidation sites excluding steroid dienone is 1. The molecule has 0 bridgehead atoms. The Morgan fingerprint density at radius 1 is 1.09 bits per heavy atom. The summed E-state index contributed by atoms with van der Waals surface area (Å²) in [6.45, 7) is 0. The Bertz CT molecular complexity index is 807. The Labute approximate surface area is 131 Å². The van der Waals surface area contributed by atoms with Gasteiger partial charge < -0.3 is 0 Å². The maximum Gasteiger partial charge on any atom is 0.195 e. The molecule has 0 atom stereocenters. The fourth-order valence-corrected chi connectivity index (χ4v) is 2.90. The molecular weight excluding hydrogens is 297 g/mol. The zero-order chi connectivity index (χ0) is 15.4. The quantitative estimate of drug-likeness (QED) is 0.509. The van der Waals surface area contributed by atoms with Crippen LogP contribution in [0.4, 0.5) is 4.39 Å². The minimum Gasteiger partial charge on any atom is -0.288 e. The first kappa shape index (κ1) is 14.4. The number of hydrogen-bond donors (Lipinski definition) is 0. The van der Waals surface area contributed by atoms with Crippen LogP contribution in [-0.2, 0) is 0 Å². The smallest absolute Gasteiger partial charge is 0.195 e. The van der Waals surface area contributed by atoms with Crippen molar-refractivity contribution >= 4 is 23.2 Å². The van der Waals surface area contributed by atoms with Crippen LogP contribution >= 0.6 is 11.3 Å². The highest BCUT2D eigenvalue weighted by molar-refractivity contribution is 7.17. The molecule has 2 aromatic heterocycles. The molecule has 3 rings (SSSR count). The Morgan fingerprint density at radius 3 is 2.64 bits per heavy atom. The van der Waals surface area contributed by atoms with Crippen molar-refractivity contribution in [2.45, 2.75) is 0 Å². The molecule has 0 aliphatic rings. The first-order valence-corrected chi connectivity index (χ1v) is 7.52. The van der Waals surface area contributed by atoms with E-state index in [1.54, 1.807) is 36.7 Å². The normalized spacial score (nSPS) is 11.0. The first-order chi connectivity index (χ1) is 10.7. The van der Waals surface area contributed by atoms with Crippen LogP contribution in [0, 0.1) is 5.82 Å². The number of carbonyl (C=O) groups is 1. The van der Waals surface area contributed by atoms with Crippen LogP contribution in [0.15, 0.2) is 67.0 Å². The van der Waals surface area contributed by atoms with Gasteiger partial charge in [-0.2, -0.15) is 0 Å². The Balaban J connectivity index is 1.77. The predicted octanol–water partition coefficient (Wildman–Crippen LogP) is 4.85. The largest absolute Gasteiger partial charge is 0.288 e. The molecule has 2 heterocycles. The van der Waals surface area contributed by atoms with Crippen molar-refractivity contribution in [3.63, 3.8) is 0 Å². The topological polar surface area (TPSA) is 30.0 Å². The second-order valence-corrected chi connectivity index (χ2v) is 5.74. The van der Waals surface area contributed by atoms with Gasteiger partial charge in [-0.05, 0) is 53.6 Å². The lowest BCUT2D eigenvalue weighted by molar-refractivity contribution is 0.105. The van der Waals surface area contributed by atoms with Gasteiger partial charge in [0.1, 0.15) is 5.82 Å². The van der Waals surface area contributed by atoms with E-state index in [4.69, 9.17) is 0 Å². The monoisotopic (exact) mass is 309 g/mol. The van der Waals surface area contributed by atoms with E-state index >= 15 is 0 Å². The van der Waals surface area contributed by atoms with Crippen LogP contribution in [0.1, 0.15) is 15.2 Å². The van der Waals surface area contributed by atoms with Gasteiger partial charge in [-0.3, -0.25) is 9.78 Å². The van der Waals surface area contributed by atoms with Gasteiger partial charge in [0.2, 0.25) is 0 Å². The fourth-order valence-electron chi connectivity index (χ4n) is 1.97. The van der Waals surface area contributed by atoms with E-state index in [-0.39, 0.29) is 11.6 Å². The molecule has 2 nitrogen and oxygen atoms in total. The van der Waals surface area contributed by atoms with Gasteiger partial charge in [0.15, 0.2) is 5.78 Å². The maximum absolute atomic E-state index is 12.9. The van der Waals surface area contributed by atoms with Crippen LogP contribution in [0.2, 0.25) is 0 Å². The number of benzene rings is 1. The van der Waals surface area contributed by atoms with Gasteiger partial charge >= 0.3 is 0 Å². The summed E-state index contributed by atoms with van der Waals surface area (Å²) in [6.07, 6.45) is 6.67. The lowest BCUT2D eigenvalue weighted by atomic mass is 10.2. The number of hydrogen-bond acceptors (Lipinski definition) is 3. The number of ketones is 1. The van der Waals surface area contributed by atoms with E-state index < -0.39 is 0 Å². The van der Waals surface area contributed by atoms with Crippen molar-refractivity contribution in [3.05, 3.63) is 83.3 Å². The molecule has 1 aromatic carbocycles. The van der Waals surface area contributed by atoms with Crippen molar-refractivity contribution in [3.8, 4) is 10.4 Å². The van der Waals surface area contributed by atoms with Crippen molar-refractivity contribution in [1.82, 2.24) is 4.98 Å². The minimum atomic E-state index is -0.268. The van der Waals surface area contributed by atoms with Gasteiger partial charge in [-0.25, -0.2) is 4.39 Å². The third-order valence-corrected chi connectivity index (χ3v) is 4.24. The third kappa shape index (κ3) is 3.35. The molecule has 22 heavy (non-hydrogen) atoms. The molecule has 0 aliphatic carbocycles. The van der Waals surface area contributed by atoms with Gasteiger partial charge in [0.25, 0.3) is 0 Å². The molecule has 0 aliphatic heterocycles. The highest BCUT2D eigenvalue weighted by Crippen LogP contribution is 2.28. The van der Waals surface area contributed by atoms with Gasteiger partial charge in [0, 0.05) is 17.3 Å².